The fraction of sp³-hybridized carbons (Fsp3) is 0.250. The first-order valence-electron chi connectivity index (χ1n) is 8.18. The third kappa shape index (κ3) is 3.53. The van der Waals surface area contributed by atoms with Gasteiger partial charge in [0.05, 0.1) is 11.6 Å². The summed E-state index contributed by atoms with van der Waals surface area (Å²) >= 11 is 0. The molecule has 0 radical (unpaired) electrons. The SMILES string of the molecule is Cc1cc(C)cc(N2CC[C@H](NC(=O)c3cccc(C#N)c3)C2=O)c1. The van der Waals surface area contributed by atoms with Crippen LogP contribution in [0.5, 0.6) is 0 Å². The molecular formula is C20H19N3O2. The van der Waals surface area contributed by atoms with E-state index in [2.05, 4.69) is 11.4 Å². The molecule has 0 unspecified atom stereocenters. The van der Waals surface area contributed by atoms with Crippen LogP contribution in [0.3, 0.4) is 0 Å². The number of aryl methyl sites for hydroxylation is 2. The van der Waals surface area contributed by atoms with E-state index in [1.165, 1.54) is 6.07 Å². The van der Waals surface area contributed by atoms with Crippen molar-refractivity contribution < 1.29 is 9.59 Å². The Morgan fingerprint density at radius 2 is 1.92 bits per heavy atom. The van der Waals surface area contributed by atoms with Crippen LogP contribution < -0.4 is 10.2 Å². The second-order valence-corrected chi connectivity index (χ2v) is 6.34. The Hall–Kier alpha value is -3.13. The second kappa shape index (κ2) is 6.78. The number of nitrogens with zero attached hydrogens (tertiary/aromatic N) is 2. The first-order chi connectivity index (χ1) is 12.0. The Kier molecular flexibility index (Phi) is 4.53. The Morgan fingerprint density at radius 3 is 2.60 bits per heavy atom. The molecular weight excluding hydrogens is 314 g/mol. The Bertz CT molecular complexity index is 863. The summed E-state index contributed by atoms with van der Waals surface area (Å²) in [4.78, 5) is 26.8. The predicted molar refractivity (Wildman–Crippen MR) is 95.3 cm³/mol. The van der Waals surface area contributed by atoms with E-state index in [1.807, 2.05) is 32.0 Å². The van der Waals surface area contributed by atoms with Gasteiger partial charge in [-0.25, -0.2) is 0 Å². The Balaban J connectivity index is 1.73. The van der Waals surface area contributed by atoms with E-state index in [1.54, 1.807) is 23.1 Å². The van der Waals surface area contributed by atoms with Crippen LogP contribution in [0.4, 0.5) is 5.69 Å². The third-order valence-electron chi connectivity index (χ3n) is 4.28. The van der Waals surface area contributed by atoms with Crippen LogP contribution in [0.25, 0.3) is 0 Å². The maximum absolute atomic E-state index is 12.7. The van der Waals surface area contributed by atoms with Crippen LogP contribution in [0, 0.1) is 25.2 Å². The summed E-state index contributed by atoms with van der Waals surface area (Å²) in [5, 5.41) is 11.7. The summed E-state index contributed by atoms with van der Waals surface area (Å²) in [6.45, 7) is 4.57. The van der Waals surface area contributed by atoms with Gasteiger partial charge in [-0.15, -0.1) is 0 Å². The zero-order valence-corrected chi connectivity index (χ0v) is 14.2. The van der Waals surface area contributed by atoms with E-state index >= 15 is 0 Å². The molecule has 1 aliphatic heterocycles. The zero-order chi connectivity index (χ0) is 18.0. The van der Waals surface area contributed by atoms with Crippen LogP contribution in [-0.4, -0.2) is 24.4 Å². The normalized spacial score (nSPS) is 16.6. The molecule has 1 heterocycles. The second-order valence-electron chi connectivity index (χ2n) is 6.34. The Morgan fingerprint density at radius 1 is 1.20 bits per heavy atom. The molecule has 5 nitrogen and oxygen atoms in total. The average molecular weight is 333 g/mol. The minimum absolute atomic E-state index is 0.102. The van der Waals surface area contributed by atoms with Gasteiger partial charge < -0.3 is 10.2 Å². The fourth-order valence-corrected chi connectivity index (χ4v) is 3.15. The fourth-order valence-electron chi connectivity index (χ4n) is 3.15. The van der Waals surface area contributed by atoms with E-state index in [0.717, 1.165) is 16.8 Å². The first kappa shape index (κ1) is 16.7. The lowest BCUT2D eigenvalue weighted by Crippen LogP contribution is -2.41. The molecule has 0 aromatic heterocycles. The highest BCUT2D eigenvalue weighted by Crippen LogP contribution is 2.24. The topological polar surface area (TPSA) is 73.2 Å². The van der Waals surface area contributed by atoms with Crippen molar-refractivity contribution in [3.05, 3.63) is 64.7 Å². The van der Waals surface area contributed by atoms with E-state index in [9.17, 15) is 9.59 Å². The first-order valence-corrected chi connectivity index (χ1v) is 8.18. The molecule has 25 heavy (non-hydrogen) atoms. The number of carbonyl (C=O) groups is 2. The highest BCUT2D eigenvalue weighted by molar-refractivity contribution is 6.04. The predicted octanol–water partition coefficient (Wildman–Crippen LogP) is 2.71. The molecule has 2 aromatic carbocycles. The standard InChI is InChI=1S/C20H19N3O2/c1-13-8-14(2)10-17(9-13)23-7-6-18(20(23)25)22-19(24)16-5-3-4-15(11-16)12-21/h3-5,8-11,18H,6-7H2,1-2H3,(H,22,24)/t18-/m0/s1. The van der Waals surface area contributed by atoms with Crippen molar-refractivity contribution in [1.29, 1.82) is 5.26 Å². The maximum Gasteiger partial charge on any atom is 0.251 e. The highest BCUT2D eigenvalue weighted by Gasteiger charge is 2.33. The van der Waals surface area contributed by atoms with Crippen LogP contribution in [-0.2, 0) is 4.79 Å². The molecule has 2 amide bonds. The summed E-state index contributed by atoms with van der Waals surface area (Å²) in [7, 11) is 0. The number of nitrogens with one attached hydrogen (secondary N) is 1. The quantitative estimate of drug-likeness (QED) is 0.938. The molecule has 1 saturated heterocycles. The van der Waals surface area contributed by atoms with Crippen molar-refractivity contribution in [2.45, 2.75) is 26.3 Å². The number of rotatable bonds is 3. The van der Waals surface area contributed by atoms with Gasteiger partial charge in [0.2, 0.25) is 5.91 Å². The molecule has 0 spiro atoms. The van der Waals surface area contributed by atoms with Crippen LogP contribution in [0.2, 0.25) is 0 Å². The van der Waals surface area contributed by atoms with Crippen molar-refractivity contribution >= 4 is 17.5 Å². The van der Waals surface area contributed by atoms with Gasteiger partial charge in [-0.3, -0.25) is 9.59 Å². The molecule has 0 saturated carbocycles. The van der Waals surface area contributed by atoms with Gasteiger partial charge in [0.25, 0.3) is 5.91 Å². The molecule has 1 fully saturated rings. The summed E-state index contributed by atoms with van der Waals surface area (Å²) in [5.74, 6) is -0.437. The zero-order valence-electron chi connectivity index (χ0n) is 14.2. The summed E-state index contributed by atoms with van der Waals surface area (Å²) < 4.78 is 0. The number of anilines is 1. The van der Waals surface area contributed by atoms with Crippen LogP contribution >= 0.6 is 0 Å². The lowest BCUT2D eigenvalue weighted by molar-refractivity contribution is -0.118. The molecule has 2 aromatic rings. The van der Waals surface area contributed by atoms with Crippen molar-refractivity contribution in [2.75, 3.05) is 11.4 Å². The van der Waals surface area contributed by atoms with Crippen LogP contribution in [0.15, 0.2) is 42.5 Å². The van der Waals surface area contributed by atoms with Gasteiger partial charge in [-0.2, -0.15) is 5.26 Å². The summed E-state index contributed by atoms with van der Waals surface area (Å²) in [6, 6.07) is 13.9. The number of hydrogen-bond donors (Lipinski definition) is 1. The molecule has 0 bridgehead atoms. The van der Waals surface area contributed by atoms with Crippen LogP contribution in [0.1, 0.15) is 33.5 Å². The molecule has 3 rings (SSSR count). The molecule has 126 valence electrons. The van der Waals surface area contributed by atoms with Crippen molar-refractivity contribution in [1.82, 2.24) is 5.32 Å². The lowest BCUT2D eigenvalue weighted by Gasteiger charge is -2.18. The molecule has 1 atom stereocenters. The van der Waals surface area contributed by atoms with E-state index in [4.69, 9.17) is 5.26 Å². The average Bonchev–Trinajstić information content (AvgIpc) is 2.94. The number of nitriles is 1. The molecule has 0 aliphatic carbocycles. The molecule has 1 aliphatic rings. The van der Waals surface area contributed by atoms with Crippen molar-refractivity contribution in [2.24, 2.45) is 0 Å². The van der Waals surface area contributed by atoms with Crippen molar-refractivity contribution in [3.63, 3.8) is 0 Å². The van der Waals surface area contributed by atoms with Gasteiger partial charge >= 0.3 is 0 Å². The van der Waals surface area contributed by atoms with Gasteiger partial charge in [0, 0.05) is 17.8 Å². The number of hydrogen-bond acceptors (Lipinski definition) is 3. The van der Waals surface area contributed by atoms with Gasteiger partial charge in [-0.1, -0.05) is 12.1 Å². The largest absolute Gasteiger partial charge is 0.340 e. The number of benzene rings is 2. The maximum atomic E-state index is 12.7. The number of amides is 2. The highest BCUT2D eigenvalue weighted by atomic mass is 16.2. The smallest absolute Gasteiger partial charge is 0.251 e. The van der Waals surface area contributed by atoms with E-state index in [0.29, 0.717) is 24.1 Å². The third-order valence-corrected chi connectivity index (χ3v) is 4.28. The van der Waals surface area contributed by atoms with Gasteiger partial charge in [0.15, 0.2) is 0 Å². The van der Waals surface area contributed by atoms with E-state index < -0.39 is 6.04 Å². The lowest BCUT2D eigenvalue weighted by atomic mass is 10.1. The minimum atomic E-state index is -0.543. The minimum Gasteiger partial charge on any atom is -0.340 e. The van der Waals surface area contributed by atoms with E-state index in [-0.39, 0.29) is 11.8 Å². The summed E-state index contributed by atoms with van der Waals surface area (Å²) in [6.07, 6.45) is 0.565. The Labute approximate surface area is 146 Å². The summed E-state index contributed by atoms with van der Waals surface area (Å²) in [5.41, 5.74) is 3.87. The monoisotopic (exact) mass is 333 g/mol. The van der Waals surface area contributed by atoms with Crippen molar-refractivity contribution in [3.8, 4) is 6.07 Å². The number of carbonyl (C=O) groups excluding carboxylic acids is 2. The van der Waals surface area contributed by atoms with Gasteiger partial charge in [-0.05, 0) is 61.7 Å². The molecule has 5 heteroatoms. The van der Waals surface area contributed by atoms with Gasteiger partial charge in [0.1, 0.15) is 6.04 Å². The molecule has 1 N–H and O–H groups in total.